The van der Waals surface area contributed by atoms with E-state index in [1.54, 1.807) is 13.8 Å². The van der Waals surface area contributed by atoms with Crippen LogP contribution in [0.4, 0.5) is 0 Å². The first kappa shape index (κ1) is 10.5. The van der Waals surface area contributed by atoms with Gasteiger partial charge in [-0.15, -0.1) is 0 Å². The molecule has 1 aliphatic heterocycles. The molecule has 0 spiro atoms. The van der Waals surface area contributed by atoms with E-state index in [4.69, 9.17) is 9.84 Å². The van der Waals surface area contributed by atoms with Crippen LogP contribution in [-0.2, 0) is 9.53 Å². The lowest BCUT2D eigenvalue weighted by molar-refractivity contribution is -0.144. The van der Waals surface area contributed by atoms with Crippen LogP contribution < -0.4 is 5.32 Å². The van der Waals surface area contributed by atoms with Crippen LogP contribution in [0.15, 0.2) is 0 Å². The van der Waals surface area contributed by atoms with Crippen molar-refractivity contribution in [1.82, 2.24) is 5.32 Å². The van der Waals surface area contributed by atoms with E-state index >= 15 is 0 Å². The van der Waals surface area contributed by atoms with E-state index in [0.717, 1.165) is 26.1 Å². The normalized spacial score (nSPS) is 20.2. The number of nitrogens with one attached hydrogen (secondary N) is 1. The van der Waals surface area contributed by atoms with E-state index < -0.39 is 11.5 Å². The number of hydrogen-bond acceptors (Lipinski definition) is 3. The number of hydrogen-bond donors (Lipinski definition) is 2. The zero-order valence-electron chi connectivity index (χ0n) is 8.17. The van der Waals surface area contributed by atoms with Gasteiger partial charge in [-0.25, -0.2) is 0 Å². The fourth-order valence-corrected chi connectivity index (χ4v) is 1.41. The lowest BCUT2D eigenvalue weighted by atomic mass is 10.0. The Hall–Kier alpha value is -0.610. The van der Waals surface area contributed by atoms with E-state index in [9.17, 15) is 4.79 Å². The third-order valence-corrected chi connectivity index (χ3v) is 2.32. The highest BCUT2D eigenvalue weighted by Gasteiger charge is 2.30. The molecular formula is C9H17NO3. The van der Waals surface area contributed by atoms with Crippen molar-refractivity contribution in [2.24, 2.45) is 0 Å². The molecule has 4 nitrogen and oxygen atoms in total. The third kappa shape index (κ3) is 2.97. The summed E-state index contributed by atoms with van der Waals surface area (Å²) < 4.78 is 5.19. The van der Waals surface area contributed by atoms with Crippen molar-refractivity contribution < 1.29 is 14.6 Å². The van der Waals surface area contributed by atoms with Crippen LogP contribution in [0, 0.1) is 0 Å². The molecule has 0 aromatic heterocycles. The van der Waals surface area contributed by atoms with Crippen LogP contribution in [-0.4, -0.2) is 35.9 Å². The summed E-state index contributed by atoms with van der Waals surface area (Å²) in [4.78, 5) is 10.8. The zero-order valence-corrected chi connectivity index (χ0v) is 8.17. The lowest BCUT2D eigenvalue weighted by Gasteiger charge is -2.30. The Morgan fingerprint density at radius 3 is 2.46 bits per heavy atom. The Bertz CT molecular complexity index is 185. The fraction of sp³-hybridized carbons (Fsp3) is 0.889. The molecule has 13 heavy (non-hydrogen) atoms. The van der Waals surface area contributed by atoms with Gasteiger partial charge in [-0.1, -0.05) is 0 Å². The number of carboxylic acid groups (broad SMARTS) is 1. The second-order valence-corrected chi connectivity index (χ2v) is 3.96. The van der Waals surface area contributed by atoms with E-state index in [2.05, 4.69) is 5.32 Å². The largest absolute Gasteiger partial charge is 0.480 e. The van der Waals surface area contributed by atoms with Crippen molar-refractivity contribution in [2.45, 2.75) is 38.3 Å². The summed E-state index contributed by atoms with van der Waals surface area (Å²) in [5.41, 5.74) is -0.831. The SMILES string of the molecule is CC(C)(NC1CCOCC1)C(=O)O. The average Bonchev–Trinajstić information content (AvgIpc) is 2.05. The van der Waals surface area contributed by atoms with Crippen molar-refractivity contribution in [3.05, 3.63) is 0 Å². The highest BCUT2D eigenvalue weighted by Crippen LogP contribution is 2.11. The van der Waals surface area contributed by atoms with Crippen LogP contribution in [0.2, 0.25) is 0 Å². The molecule has 4 heteroatoms. The van der Waals surface area contributed by atoms with Gasteiger partial charge in [-0.3, -0.25) is 10.1 Å². The predicted molar refractivity (Wildman–Crippen MR) is 48.7 cm³/mol. The molecule has 0 amide bonds. The molecule has 1 fully saturated rings. The molecule has 0 saturated carbocycles. The van der Waals surface area contributed by atoms with Gasteiger partial charge in [0.15, 0.2) is 0 Å². The van der Waals surface area contributed by atoms with Gasteiger partial charge in [-0.2, -0.15) is 0 Å². The molecule has 0 aromatic rings. The van der Waals surface area contributed by atoms with E-state index in [1.807, 2.05) is 0 Å². The molecule has 0 bridgehead atoms. The maximum atomic E-state index is 10.8. The molecule has 1 rings (SSSR count). The fourth-order valence-electron chi connectivity index (χ4n) is 1.41. The van der Waals surface area contributed by atoms with Gasteiger partial charge in [-0.05, 0) is 26.7 Å². The number of rotatable bonds is 3. The van der Waals surface area contributed by atoms with Crippen molar-refractivity contribution in [3.63, 3.8) is 0 Å². The molecule has 1 heterocycles. The Morgan fingerprint density at radius 1 is 1.46 bits per heavy atom. The quantitative estimate of drug-likeness (QED) is 0.680. The molecule has 0 unspecified atom stereocenters. The molecule has 0 aliphatic carbocycles. The van der Waals surface area contributed by atoms with Crippen LogP contribution in [0.25, 0.3) is 0 Å². The molecule has 2 N–H and O–H groups in total. The number of ether oxygens (including phenoxy) is 1. The van der Waals surface area contributed by atoms with E-state index in [0.29, 0.717) is 0 Å². The Balaban J connectivity index is 2.41. The van der Waals surface area contributed by atoms with Crippen LogP contribution >= 0.6 is 0 Å². The molecule has 0 atom stereocenters. The highest BCUT2D eigenvalue weighted by molar-refractivity contribution is 5.77. The summed E-state index contributed by atoms with van der Waals surface area (Å²) >= 11 is 0. The van der Waals surface area contributed by atoms with Gasteiger partial charge in [0, 0.05) is 19.3 Å². The van der Waals surface area contributed by atoms with Gasteiger partial charge in [0.05, 0.1) is 0 Å². The third-order valence-electron chi connectivity index (χ3n) is 2.32. The summed E-state index contributed by atoms with van der Waals surface area (Å²) in [6, 6.07) is 0.278. The number of carboxylic acids is 1. The van der Waals surface area contributed by atoms with Crippen molar-refractivity contribution in [3.8, 4) is 0 Å². The molecule has 76 valence electrons. The first-order valence-electron chi connectivity index (χ1n) is 4.61. The Labute approximate surface area is 78.3 Å². The van der Waals surface area contributed by atoms with Crippen LogP contribution in [0.1, 0.15) is 26.7 Å². The molecular weight excluding hydrogens is 170 g/mol. The van der Waals surface area contributed by atoms with E-state index in [-0.39, 0.29) is 6.04 Å². The highest BCUT2D eigenvalue weighted by atomic mass is 16.5. The topological polar surface area (TPSA) is 58.6 Å². The molecule has 1 aliphatic rings. The molecule has 0 aromatic carbocycles. The summed E-state index contributed by atoms with van der Waals surface area (Å²) in [5.74, 6) is -0.806. The summed E-state index contributed by atoms with van der Waals surface area (Å²) in [6.45, 7) is 4.83. The number of carbonyl (C=O) groups is 1. The van der Waals surface area contributed by atoms with Gasteiger partial charge in [0.1, 0.15) is 5.54 Å². The van der Waals surface area contributed by atoms with Crippen molar-refractivity contribution in [2.75, 3.05) is 13.2 Å². The summed E-state index contributed by atoms with van der Waals surface area (Å²) in [5, 5.41) is 12.0. The second kappa shape index (κ2) is 4.07. The Kier molecular flexibility index (Phi) is 3.27. The van der Waals surface area contributed by atoms with Crippen LogP contribution in [0.5, 0.6) is 0 Å². The summed E-state index contributed by atoms with van der Waals surface area (Å²) in [7, 11) is 0. The lowest BCUT2D eigenvalue weighted by Crippen LogP contribution is -2.52. The minimum atomic E-state index is -0.831. The smallest absolute Gasteiger partial charge is 0.323 e. The summed E-state index contributed by atoms with van der Waals surface area (Å²) in [6.07, 6.45) is 1.80. The van der Waals surface area contributed by atoms with Gasteiger partial charge >= 0.3 is 5.97 Å². The van der Waals surface area contributed by atoms with Gasteiger partial charge in [0.25, 0.3) is 0 Å². The first-order chi connectivity index (χ1) is 6.02. The average molecular weight is 187 g/mol. The standard InChI is InChI=1S/C9H17NO3/c1-9(2,8(11)12)10-7-3-5-13-6-4-7/h7,10H,3-6H2,1-2H3,(H,11,12). The molecule has 1 saturated heterocycles. The maximum absolute atomic E-state index is 10.8. The van der Waals surface area contributed by atoms with Crippen LogP contribution in [0.3, 0.4) is 0 Å². The predicted octanol–water partition coefficient (Wildman–Crippen LogP) is 0.618. The molecule has 0 radical (unpaired) electrons. The minimum absolute atomic E-state index is 0.278. The van der Waals surface area contributed by atoms with Gasteiger partial charge < -0.3 is 9.84 Å². The second-order valence-electron chi connectivity index (χ2n) is 3.96. The maximum Gasteiger partial charge on any atom is 0.323 e. The van der Waals surface area contributed by atoms with Crippen molar-refractivity contribution >= 4 is 5.97 Å². The van der Waals surface area contributed by atoms with Gasteiger partial charge in [0.2, 0.25) is 0 Å². The zero-order chi connectivity index (χ0) is 9.90. The van der Waals surface area contributed by atoms with Crippen molar-refractivity contribution in [1.29, 1.82) is 0 Å². The Morgan fingerprint density at radius 2 is 2.00 bits per heavy atom. The van der Waals surface area contributed by atoms with E-state index in [1.165, 1.54) is 0 Å². The minimum Gasteiger partial charge on any atom is -0.480 e. The monoisotopic (exact) mass is 187 g/mol. The number of aliphatic carboxylic acids is 1. The first-order valence-corrected chi connectivity index (χ1v) is 4.61.